The first-order valence-electron chi connectivity index (χ1n) is 13.9. The Kier molecular flexibility index (Phi) is 8.42. The van der Waals surface area contributed by atoms with Crippen LogP contribution in [-0.4, -0.2) is 73.2 Å². The first-order chi connectivity index (χ1) is 19.9. The highest BCUT2D eigenvalue weighted by atomic mass is 19.4. The molecule has 0 unspecified atom stereocenters. The lowest BCUT2D eigenvalue weighted by atomic mass is 10.0. The normalized spacial score (nSPS) is 16.0. The topological polar surface area (TPSA) is 75.0 Å². The molecular weight excluding hydrogens is 555 g/mol. The van der Waals surface area contributed by atoms with Crippen LogP contribution in [0.2, 0.25) is 0 Å². The van der Waals surface area contributed by atoms with Gasteiger partial charge in [-0.1, -0.05) is 13.0 Å². The fourth-order valence-corrected chi connectivity index (χ4v) is 5.55. The van der Waals surface area contributed by atoms with Crippen LogP contribution < -0.4 is 5.32 Å². The van der Waals surface area contributed by atoms with Gasteiger partial charge in [-0.15, -0.1) is 0 Å². The van der Waals surface area contributed by atoms with Crippen molar-refractivity contribution in [2.24, 2.45) is 0 Å². The summed E-state index contributed by atoms with van der Waals surface area (Å²) in [5.74, 6) is -0.430. The van der Waals surface area contributed by atoms with E-state index in [4.69, 9.17) is 0 Å². The second kappa shape index (κ2) is 11.9. The molecule has 224 valence electrons. The van der Waals surface area contributed by atoms with Crippen LogP contribution in [0.5, 0.6) is 0 Å². The van der Waals surface area contributed by atoms with Crippen molar-refractivity contribution < 1.29 is 22.0 Å². The smallest absolute Gasteiger partial charge is 0.326 e. The highest BCUT2D eigenvalue weighted by molar-refractivity contribution is 5.83. The molecule has 0 radical (unpaired) electrons. The molecular formula is C29H33F5N8. The number of pyridine rings is 1. The molecule has 1 N–H and O–H groups in total. The maximum atomic E-state index is 15.0. The van der Waals surface area contributed by atoms with Crippen LogP contribution in [0.3, 0.4) is 0 Å². The van der Waals surface area contributed by atoms with Gasteiger partial charge in [0.1, 0.15) is 22.9 Å². The number of halogens is 5. The minimum absolute atomic E-state index is 0.00264. The molecule has 1 fully saturated rings. The molecule has 42 heavy (non-hydrogen) atoms. The van der Waals surface area contributed by atoms with Gasteiger partial charge in [0.15, 0.2) is 11.6 Å². The molecule has 1 aliphatic rings. The van der Waals surface area contributed by atoms with Gasteiger partial charge < -0.3 is 14.8 Å². The molecule has 1 aliphatic heterocycles. The number of aryl methyl sites for hydroxylation is 1. The van der Waals surface area contributed by atoms with E-state index in [1.165, 1.54) is 12.3 Å². The van der Waals surface area contributed by atoms with Crippen molar-refractivity contribution in [1.82, 2.24) is 34.3 Å². The van der Waals surface area contributed by atoms with E-state index in [0.717, 1.165) is 12.7 Å². The Balaban J connectivity index is 1.39. The number of aromatic nitrogens is 5. The van der Waals surface area contributed by atoms with E-state index < -0.39 is 30.3 Å². The standard InChI is InChI=1S/C29H33F5N8/c1-5-40-8-10-41(11-9-40)24(14-29(32,33)34)19-6-7-25(35-15-19)38-28-36-16-22(31)26(39-28)20-12-21(30)27-23(13-20)42(17(2)3)18(4)37-27/h6-7,12-13,15-17,24H,5,8-11,14H2,1-4H3,(H,35,36,38,39)/t24-/m0/s1. The minimum Gasteiger partial charge on any atom is -0.326 e. The van der Waals surface area contributed by atoms with E-state index >= 15 is 4.39 Å². The maximum Gasteiger partial charge on any atom is 0.390 e. The fraction of sp³-hybridized carbons (Fsp3) is 0.448. The molecule has 4 aromatic rings. The molecule has 0 amide bonds. The van der Waals surface area contributed by atoms with Crippen LogP contribution in [0, 0.1) is 18.6 Å². The molecule has 0 saturated carbocycles. The third-order valence-electron chi connectivity index (χ3n) is 7.59. The predicted molar refractivity (Wildman–Crippen MR) is 150 cm³/mol. The second-order valence-corrected chi connectivity index (χ2v) is 10.7. The van der Waals surface area contributed by atoms with Crippen molar-refractivity contribution in [1.29, 1.82) is 0 Å². The summed E-state index contributed by atoms with van der Waals surface area (Å²) in [5.41, 5.74) is 1.26. The van der Waals surface area contributed by atoms with Gasteiger partial charge in [0.25, 0.3) is 0 Å². The Labute approximate surface area is 240 Å². The molecule has 1 atom stereocenters. The highest BCUT2D eigenvalue weighted by Crippen LogP contribution is 2.35. The van der Waals surface area contributed by atoms with Gasteiger partial charge in [-0.25, -0.2) is 28.7 Å². The van der Waals surface area contributed by atoms with E-state index in [9.17, 15) is 17.6 Å². The summed E-state index contributed by atoms with van der Waals surface area (Å²) >= 11 is 0. The summed E-state index contributed by atoms with van der Waals surface area (Å²) in [5, 5.41) is 2.88. The lowest BCUT2D eigenvalue weighted by Gasteiger charge is -2.39. The van der Waals surface area contributed by atoms with Crippen molar-refractivity contribution in [3.05, 3.63) is 59.7 Å². The molecule has 5 rings (SSSR count). The van der Waals surface area contributed by atoms with Crippen molar-refractivity contribution in [2.45, 2.75) is 52.4 Å². The largest absolute Gasteiger partial charge is 0.390 e. The van der Waals surface area contributed by atoms with Gasteiger partial charge in [0, 0.05) is 50.0 Å². The number of hydrogen-bond acceptors (Lipinski definition) is 7. The molecule has 1 saturated heterocycles. The minimum atomic E-state index is -4.34. The van der Waals surface area contributed by atoms with Gasteiger partial charge in [-0.05, 0) is 51.1 Å². The molecule has 0 bridgehead atoms. The van der Waals surface area contributed by atoms with Gasteiger partial charge in [0.05, 0.1) is 18.1 Å². The van der Waals surface area contributed by atoms with Gasteiger partial charge >= 0.3 is 6.18 Å². The SMILES string of the molecule is CCN1CCN([C@@H](CC(F)(F)F)c2ccc(Nc3ncc(F)c(-c4cc(F)c5nc(C)n(C(C)C)c5c4)n3)nc2)CC1. The molecule has 0 aliphatic carbocycles. The van der Waals surface area contributed by atoms with E-state index in [2.05, 4.69) is 30.2 Å². The third kappa shape index (κ3) is 6.36. The van der Waals surface area contributed by atoms with E-state index in [0.29, 0.717) is 43.1 Å². The summed E-state index contributed by atoms with van der Waals surface area (Å²) in [7, 11) is 0. The lowest BCUT2D eigenvalue weighted by molar-refractivity contribution is -0.149. The number of rotatable bonds is 8. The number of likely N-dealkylation sites (N-methyl/N-ethyl adjacent to an activating group) is 1. The number of hydrogen-bond donors (Lipinski definition) is 1. The number of fused-ring (bicyclic) bond motifs is 1. The third-order valence-corrected chi connectivity index (χ3v) is 7.59. The average molecular weight is 589 g/mol. The zero-order valence-corrected chi connectivity index (χ0v) is 23.9. The number of piperazine rings is 1. The molecule has 13 heteroatoms. The van der Waals surface area contributed by atoms with Gasteiger partial charge in [-0.2, -0.15) is 13.2 Å². The average Bonchev–Trinajstić information content (AvgIpc) is 3.29. The van der Waals surface area contributed by atoms with Crippen molar-refractivity contribution in [3.8, 4) is 11.3 Å². The zero-order valence-electron chi connectivity index (χ0n) is 23.9. The Morgan fingerprint density at radius 3 is 2.31 bits per heavy atom. The lowest BCUT2D eigenvalue weighted by Crippen LogP contribution is -2.48. The van der Waals surface area contributed by atoms with Crippen molar-refractivity contribution in [3.63, 3.8) is 0 Å². The van der Waals surface area contributed by atoms with Gasteiger partial charge in [-0.3, -0.25) is 4.90 Å². The molecule has 0 spiro atoms. The van der Waals surface area contributed by atoms with Crippen LogP contribution in [0.1, 0.15) is 50.7 Å². The number of nitrogens with zero attached hydrogens (tertiary/aromatic N) is 7. The zero-order chi connectivity index (χ0) is 30.2. The first-order valence-corrected chi connectivity index (χ1v) is 13.9. The van der Waals surface area contributed by atoms with Crippen LogP contribution in [0.15, 0.2) is 36.7 Å². The fourth-order valence-electron chi connectivity index (χ4n) is 5.55. The summed E-state index contributed by atoms with van der Waals surface area (Å²) in [6.07, 6.45) is -2.93. The molecule has 1 aromatic carbocycles. The number of imidazole rings is 1. The van der Waals surface area contributed by atoms with E-state index in [1.807, 2.05) is 30.2 Å². The molecule has 3 aromatic heterocycles. The second-order valence-electron chi connectivity index (χ2n) is 10.7. The Bertz CT molecular complexity index is 1540. The van der Waals surface area contributed by atoms with E-state index in [-0.39, 0.29) is 34.6 Å². The van der Waals surface area contributed by atoms with Crippen LogP contribution in [-0.2, 0) is 0 Å². The maximum absolute atomic E-state index is 15.0. The van der Waals surface area contributed by atoms with Crippen molar-refractivity contribution in [2.75, 3.05) is 38.0 Å². The Morgan fingerprint density at radius 2 is 1.69 bits per heavy atom. The quantitative estimate of drug-likeness (QED) is 0.238. The monoisotopic (exact) mass is 588 g/mol. The predicted octanol–water partition coefficient (Wildman–Crippen LogP) is 6.43. The number of benzene rings is 1. The van der Waals surface area contributed by atoms with Crippen molar-refractivity contribution >= 4 is 22.8 Å². The number of nitrogens with one attached hydrogen (secondary N) is 1. The number of anilines is 2. The Morgan fingerprint density at radius 1 is 0.952 bits per heavy atom. The molecule has 4 heterocycles. The van der Waals surface area contributed by atoms with Crippen LogP contribution in [0.25, 0.3) is 22.3 Å². The summed E-state index contributed by atoms with van der Waals surface area (Å²) in [6.45, 7) is 11.0. The molecule has 8 nitrogen and oxygen atoms in total. The number of alkyl halides is 3. The Hall–Kier alpha value is -3.71. The summed E-state index contributed by atoms with van der Waals surface area (Å²) in [4.78, 5) is 20.9. The first kappa shape index (κ1) is 29.8. The van der Waals surface area contributed by atoms with Crippen LogP contribution >= 0.6 is 0 Å². The summed E-state index contributed by atoms with van der Waals surface area (Å²) < 4.78 is 72.2. The summed E-state index contributed by atoms with van der Waals surface area (Å²) in [6, 6.07) is 5.11. The van der Waals surface area contributed by atoms with Crippen LogP contribution in [0.4, 0.5) is 33.7 Å². The van der Waals surface area contributed by atoms with E-state index in [1.54, 1.807) is 25.1 Å². The van der Waals surface area contributed by atoms with Gasteiger partial charge in [0.2, 0.25) is 5.95 Å². The highest BCUT2D eigenvalue weighted by Gasteiger charge is 2.36.